The Balaban J connectivity index is 2.55. The minimum absolute atomic E-state index is 0.395. The average molecular weight is 273 g/mol. The van der Waals surface area contributed by atoms with E-state index in [-0.39, 0.29) is 0 Å². The van der Waals surface area contributed by atoms with Gasteiger partial charge in [-0.3, -0.25) is 0 Å². The third-order valence-electron chi connectivity index (χ3n) is 1.81. The lowest BCUT2D eigenvalue weighted by Gasteiger charge is -2.01. The summed E-state index contributed by atoms with van der Waals surface area (Å²) in [5.74, 6) is 0.395. The van der Waals surface area contributed by atoms with Crippen LogP contribution in [0, 0.1) is 0 Å². The summed E-state index contributed by atoms with van der Waals surface area (Å²) in [5.41, 5.74) is 7.28. The molecule has 0 aliphatic carbocycles. The van der Waals surface area contributed by atoms with E-state index in [0.29, 0.717) is 11.0 Å². The van der Waals surface area contributed by atoms with Crippen molar-refractivity contribution in [2.75, 3.05) is 5.73 Å². The maximum absolute atomic E-state index is 5.89. The smallest absolute Gasteiger partial charge is 0.197 e. The van der Waals surface area contributed by atoms with Crippen molar-refractivity contribution in [1.29, 1.82) is 0 Å². The molecule has 0 saturated heterocycles. The number of aromatic amines is 1. The van der Waals surface area contributed by atoms with E-state index in [1.54, 1.807) is 6.20 Å². The van der Waals surface area contributed by atoms with Gasteiger partial charge in [-0.15, -0.1) is 0 Å². The average Bonchev–Trinajstić information content (AvgIpc) is 2.56. The van der Waals surface area contributed by atoms with Crippen LogP contribution < -0.4 is 5.73 Å². The number of benzene rings is 1. The number of anilines is 1. The van der Waals surface area contributed by atoms with Gasteiger partial charge in [-0.05, 0) is 18.2 Å². The van der Waals surface area contributed by atoms with Gasteiger partial charge in [0.2, 0.25) is 0 Å². The standard InChI is InChI=1S/C9H7BrClN3/c10-7-2-1-5(11)3-6(7)8-4-13-9(12)14-8/h1-4H,(H3,12,13,14). The molecule has 0 amide bonds. The largest absolute Gasteiger partial charge is 0.369 e. The summed E-state index contributed by atoms with van der Waals surface area (Å²) in [5, 5.41) is 0.677. The number of halogens is 2. The molecular weight excluding hydrogens is 265 g/mol. The molecule has 1 aromatic heterocycles. The molecule has 2 rings (SSSR count). The van der Waals surface area contributed by atoms with Gasteiger partial charge in [-0.25, -0.2) is 4.98 Å². The molecule has 0 spiro atoms. The van der Waals surface area contributed by atoms with Crippen molar-refractivity contribution in [3.8, 4) is 11.3 Å². The SMILES string of the molecule is Nc1ncc(-c2cc(Cl)ccc2Br)[nH]1. The molecule has 0 radical (unpaired) electrons. The minimum Gasteiger partial charge on any atom is -0.369 e. The molecule has 2 aromatic rings. The number of rotatable bonds is 1. The van der Waals surface area contributed by atoms with E-state index in [9.17, 15) is 0 Å². The van der Waals surface area contributed by atoms with E-state index in [1.807, 2.05) is 18.2 Å². The highest BCUT2D eigenvalue weighted by molar-refractivity contribution is 9.10. The maximum Gasteiger partial charge on any atom is 0.197 e. The molecule has 0 atom stereocenters. The topological polar surface area (TPSA) is 54.7 Å². The van der Waals surface area contributed by atoms with Crippen LogP contribution in [-0.4, -0.2) is 9.97 Å². The highest BCUT2D eigenvalue weighted by Crippen LogP contribution is 2.29. The van der Waals surface area contributed by atoms with E-state index in [1.165, 1.54) is 0 Å². The molecule has 0 fully saturated rings. The summed E-state index contributed by atoms with van der Waals surface area (Å²) in [7, 11) is 0. The lowest BCUT2D eigenvalue weighted by Crippen LogP contribution is -1.86. The Morgan fingerprint density at radius 3 is 2.86 bits per heavy atom. The molecule has 5 heteroatoms. The maximum atomic E-state index is 5.89. The van der Waals surface area contributed by atoms with Crippen molar-refractivity contribution in [2.45, 2.75) is 0 Å². The van der Waals surface area contributed by atoms with Gasteiger partial charge in [0.15, 0.2) is 5.95 Å². The highest BCUT2D eigenvalue weighted by atomic mass is 79.9. The number of hydrogen-bond donors (Lipinski definition) is 2. The summed E-state index contributed by atoms with van der Waals surface area (Å²) >= 11 is 9.32. The molecule has 0 bridgehead atoms. The van der Waals surface area contributed by atoms with Gasteiger partial charge in [0, 0.05) is 15.1 Å². The van der Waals surface area contributed by atoms with Gasteiger partial charge in [0.05, 0.1) is 11.9 Å². The van der Waals surface area contributed by atoms with E-state index >= 15 is 0 Å². The molecule has 14 heavy (non-hydrogen) atoms. The number of nitrogen functional groups attached to an aromatic ring is 1. The predicted molar refractivity (Wildman–Crippen MR) is 61.1 cm³/mol. The van der Waals surface area contributed by atoms with Crippen LogP contribution in [0.25, 0.3) is 11.3 Å². The van der Waals surface area contributed by atoms with Gasteiger partial charge in [-0.1, -0.05) is 27.5 Å². The van der Waals surface area contributed by atoms with Gasteiger partial charge in [0.25, 0.3) is 0 Å². The summed E-state index contributed by atoms with van der Waals surface area (Å²) in [4.78, 5) is 6.86. The Kier molecular flexibility index (Phi) is 2.48. The fraction of sp³-hybridized carbons (Fsp3) is 0. The van der Waals surface area contributed by atoms with Crippen molar-refractivity contribution in [1.82, 2.24) is 9.97 Å². The second kappa shape index (κ2) is 3.63. The van der Waals surface area contributed by atoms with Crippen LogP contribution in [0.1, 0.15) is 0 Å². The second-order valence-corrected chi connectivity index (χ2v) is 4.10. The van der Waals surface area contributed by atoms with Crippen LogP contribution in [-0.2, 0) is 0 Å². The van der Waals surface area contributed by atoms with E-state index in [4.69, 9.17) is 17.3 Å². The zero-order valence-corrected chi connectivity index (χ0v) is 9.43. The van der Waals surface area contributed by atoms with Crippen molar-refractivity contribution in [3.63, 3.8) is 0 Å². The second-order valence-electron chi connectivity index (χ2n) is 2.81. The fourth-order valence-corrected chi connectivity index (χ4v) is 1.81. The zero-order chi connectivity index (χ0) is 10.1. The third-order valence-corrected chi connectivity index (χ3v) is 2.74. The number of nitrogens with zero attached hydrogens (tertiary/aromatic N) is 1. The monoisotopic (exact) mass is 271 g/mol. The molecule has 0 saturated carbocycles. The van der Waals surface area contributed by atoms with Crippen LogP contribution in [0.15, 0.2) is 28.9 Å². The summed E-state index contributed by atoms with van der Waals surface area (Å²) in [6, 6.07) is 5.54. The van der Waals surface area contributed by atoms with E-state index in [0.717, 1.165) is 15.7 Å². The van der Waals surface area contributed by atoms with E-state index in [2.05, 4.69) is 25.9 Å². The van der Waals surface area contributed by atoms with Gasteiger partial charge < -0.3 is 10.7 Å². The normalized spacial score (nSPS) is 10.4. The Labute approximate surface area is 94.4 Å². The number of nitrogens with one attached hydrogen (secondary N) is 1. The molecule has 0 aliphatic rings. The Morgan fingerprint density at radius 2 is 2.21 bits per heavy atom. The number of nitrogens with two attached hydrogens (primary N) is 1. The fourth-order valence-electron chi connectivity index (χ4n) is 1.18. The Hall–Kier alpha value is -1.000. The zero-order valence-electron chi connectivity index (χ0n) is 7.09. The lowest BCUT2D eigenvalue weighted by atomic mass is 10.2. The molecular formula is C9H7BrClN3. The molecule has 3 nitrogen and oxygen atoms in total. The van der Waals surface area contributed by atoms with Crippen LogP contribution in [0.2, 0.25) is 5.02 Å². The molecule has 1 aromatic carbocycles. The molecule has 0 aliphatic heterocycles. The van der Waals surface area contributed by atoms with E-state index < -0.39 is 0 Å². The van der Waals surface area contributed by atoms with Crippen LogP contribution in [0.4, 0.5) is 5.95 Å². The lowest BCUT2D eigenvalue weighted by molar-refractivity contribution is 1.32. The van der Waals surface area contributed by atoms with Crippen LogP contribution >= 0.6 is 27.5 Å². The highest BCUT2D eigenvalue weighted by Gasteiger charge is 2.06. The molecule has 3 N–H and O–H groups in total. The van der Waals surface area contributed by atoms with Crippen molar-refractivity contribution < 1.29 is 0 Å². The van der Waals surface area contributed by atoms with Crippen molar-refractivity contribution in [3.05, 3.63) is 33.9 Å². The van der Waals surface area contributed by atoms with Gasteiger partial charge >= 0.3 is 0 Å². The number of hydrogen-bond acceptors (Lipinski definition) is 2. The van der Waals surface area contributed by atoms with Crippen molar-refractivity contribution in [2.24, 2.45) is 0 Å². The van der Waals surface area contributed by atoms with Gasteiger partial charge in [0.1, 0.15) is 0 Å². The van der Waals surface area contributed by atoms with Crippen molar-refractivity contribution >= 4 is 33.5 Å². The summed E-state index contributed by atoms with van der Waals surface area (Å²) < 4.78 is 0.950. The first-order valence-electron chi connectivity index (χ1n) is 3.93. The minimum atomic E-state index is 0.395. The molecule has 72 valence electrons. The molecule has 0 unspecified atom stereocenters. The summed E-state index contributed by atoms with van der Waals surface area (Å²) in [6.07, 6.45) is 1.67. The number of aromatic nitrogens is 2. The van der Waals surface area contributed by atoms with Gasteiger partial charge in [-0.2, -0.15) is 0 Å². The van der Waals surface area contributed by atoms with Crippen LogP contribution in [0.3, 0.4) is 0 Å². The predicted octanol–water partition coefficient (Wildman–Crippen LogP) is 3.07. The number of imidazole rings is 1. The first-order valence-corrected chi connectivity index (χ1v) is 5.10. The first kappa shape index (κ1) is 9.55. The first-order chi connectivity index (χ1) is 6.66. The number of H-pyrrole nitrogens is 1. The quantitative estimate of drug-likeness (QED) is 0.838. The Morgan fingerprint density at radius 1 is 1.43 bits per heavy atom. The van der Waals surface area contributed by atoms with Crippen LogP contribution in [0.5, 0.6) is 0 Å². The summed E-state index contributed by atoms with van der Waals surface area (Å²) in [6.45, 7) is 0. The Bertz CT molecular complexity index is 467. The molecule has 1 heterocycles. The third kappa shape index (κ3) is 1.76.